The summed E-state index contributed by atoms with van der Waals surface area (Å²) < 4.78 is 0. The Morgan fingerprint density at radius 3 is 1.82 bits per heavy atom. The van der Waals surface area contributed by atoms with Crippen molar-refractivity contribution >= 4 is 29.0 Å². The molecule has 0 saturated heterocycles. The standard InChI is InChI=1S/C41H43N3O4S/c1-6-7-27-8-12-29(13-9-27)30-16-18-31(19-17-30)34-24-42-38(43-25-34)32-14-10-28(11-15-32)22-33(39(46)44-26(2)40(47)48)23-35(45)36-20-21-37(49-36)41(3,4)5/h8-21,24-26,33H,6-7,22-23H2,1-5H3,(H,44,46)(H,47,48)/t26-,33-/m1/s1. The van der Waals surface area contributed by atoms with Crippen LogP contribution in [0.25, 0.3) is 33.6 Å². The summed E-state index contributed by atoms with van der Waals surface area (Å²) in [7, 11) is 0. The number of carboxylic acids is 1. The summed E-state index contributed by atoms with van der Waals surface area (Å²) in [4.78, 5) is 48.9. The molecule has 8 heteroatoms. The van der Waals surface area contributed by atoms with Gasteiger partial charge in [-0.3, -0.25) is 14.4 Å². The number of aryl methyl sites for hydroxylation is 1. The molecule has 2 aromatic heterocycles. The number of amides is 1. The first-order chi connectivity index (χ1) is 23.4. The molecule has 2 N–H and O–H groups in total. The maximum Gasteiger partial charge on any atom is 0.325 e. The van der Waals surface area contributed by atoms with Crippen molar-refractivity contribution in [3.63, 3.8) is 0 Å². The van der Waals surface area contributed by atoms with Crippen LogP contribution in [0.2, 0.25) is 0 Å². The zero-order valence-corrected chi connectivity index (χ0v) is 29.5. The van der Waals surface area contributed by atoms with E-state index in [2.05, 4.69) is 91.5 Å². The number of nitrogens with one attached hydrogen (secondary N) is 1. The molecular weight excluding hydrogens is 631 g/mol. The second kappa shape index (κ2) is 15.5. The zero-order chi connectivity index (χ0) is 35.1. The first-order valence-electron chi connectivity index (χ1n) is 16.7. The smallest absolute Gasteiger partial charge is 0.325 e. The molecule has 0 unspecified atom stereocenters. The highest BCUT2D eigenvalue weighted by Gasteiger charge is 2.27. The number of hydrogen-bond acceptors (Lipinski definition) is 6. The number of nitrogens with zero attached hydrogens (tertiary/aromatic N) is 2. The molecule has 5 aromatic rings. The molecule has 7 nitrogen and oxygen atoms in total. The number of aliphatic carboxylic acids is 1. The summed E-state index contributed by atoms with van der Waals surface area (Å²) in [5.74, 6) is -1.89. The van der Waals surface area contributed by atoms with E-state index < -0.39 is 23.8 Å². The lowest BCUT2D eigenvalue weighted by Gasteiger charge is -2.18. The van der Waals surface area contributed by atoms with Crippen LogP contribution < -0.4 is 5.32 Å². The number of rotatable bonds is 13. The van der Waals surface area contributed by atoms with Crippen molar-refractivity contribution in [2.24, 2.45) is 5.92 Å². The van der Waals surface area contributed by atoms with Gasteiger partial charge in [-0.15, -0.1) is 11.3 Å². The predicted octanol–water partition coefficient (Wildman–Crippen LogP) is 8.81. The third-order valence-electron chi connectivity index (χ3n) is 8.54. The highest BCUT2D eigenvalue weighted by atomic mass is 32.1. The summed E-state index contributed by atoms with van der Waals surface area (Å²) in [5.41, 5.74) is 7.22. The second-order valence-corrected chi connectivity index (χ2v) is 14.6. The van der Waals surface area contributed by atoms with Crippen LogP contribution >= 0.6 is 11.3 Å². The number of thiophene rings is 1. The van der Waals surface area contributed by atoms with Gasteiger partial charge >= 0.3 is 5.97 Å². The van der Waals surface area contributed by atoms with Crippen molar-refractivity contribution in [1.82, 2.24) is 15.3 Å². The molecule has 2 heterocycles. The Balaban J connectivity index is 1.26. The van der Waals surface area contributed by atoms with E-state index in [0.717, 1.165) is 45.5 Å². The van der Waals surface area contributed by atoms with Crippen LogP contribution in [0.3, 0.4) is 0 Å². The van der Waals surface area contributed by atoms with Gasteiger partial charge in [0.1, 0.15) is 6.04 Å². The van der Waals surface area contributed by atoms with Crippen LogP contribution in [0.15, 0.2) is 97.3 Å². The molecule has 5 rings (SSSR count). The number of hydrogen-bond donors (Lipinski definition) is 2. The van der Waals surface area contributed by atoms with E-state index in [-0.39, 0.29) is 24.0 Å². The Kier molecular flexibility index (Phi) is 11.2. The first kappa shape index (κ1) is 35.4. The van der Waals surface area contributed by atoms with Crippen LogP contribution in [0.4, 0.5) is 0 Å². The maximum absolute atomic E-state index is 13.3. The monoisotopic (exact) mass is 673 g/mol. The fourth-order valence-corrected chi connectivity index (χ4v) is 6.59. The van der Waals surface area contributed by atoms with E-state index in [9.17, 15) is 19.5 Å². The maximum atomic E-state index is 13.3. The Bertz CT molecular complexity index is 1890. The quantitative estimate of drug-likeness (QED) is 0.121. The van der Waals surface area contributed by atoms with E-state index in [1.807, 2.05) is 48.8 Å². The van der Waals surface area contributed by atoms with Gasteiger partial charge in [-0.2, -0.15) is 0 Å². The molecule has 0 bridgehead atoms. The first-order valence-corrected chi connectivity index (χ1v) is 17.5. The Labute approximate surface area is 292 Å². The minimum Gasteiger partial charge on any atom is -0.480 e. The van der Waals surface area contributed by atoms with Gasteiger partial charge in [0.15, 0.2) is 11.6 Å². The molecule has 0 fully saturated rings. The lowest BCUT2D eigenvalue weighted by molar-refractivity contribution is -0.141. The number of ketones is 1. The molecule has 0 aliphatic rings. The largest absolute Gasteiger partial charge is 0.480 e. The van der Waals surface area contributed by atoms with E-state index >= 15 is 0 Å². The van der Waals surface area contributed by atoms with Gasteiger partial charge in [0.2, 0.25) is 5.91 Å². The van der Waals surface area contributed by atoms with Crippen molar-refractivity contribution in [1.29, 1.82) is 0 Å². The molecule has 0 spiro atoms. The van der Waals surface area contributed by atoms with Gasteiger partial charge in [0.25, 0.3) is 0 Å². The lowest BCUT2D eigenvalue weighted by atomic mass is 9.92. The van der Waals surface area contributed by atoms with Gasteiger partial charge in [0.05, 0.1) is 4.88 Å². The molecule has 0 saturated carbocycles. The zero-order valence-electron chi connectivity index (χ0n) is 28.7. The number of Topliss-reactive ketones (excluding diaryl/α,β-unsaturated/α-hetero) is 1. The van der Waals surface area contributed by atoms with E-state index in [1.54, 1.807) is 0 Å². The van der Waals surface area contributed by atoms with Crippen LogP contribution in [0.5, 0.6) is 0 Å². The van der Waals surface area contributed by atoms with Gasteiger partial charge in [-0.05, 0) is 65.1 Å². The number of aromatic nitrogens is 2. The van der Waals surface area contributed by atoms with E-state index in [1.165, 1.54) is 29.4 Å². The molecule has 252 valence electrons. The SMILES string of the molecule is CCCc1ccc(-c2ccc(-c3cnc(-c4ccc(C[C@H](CC(=O)c5ccc(C(C)(C)C)s5)C(=O)N[C@H](C)C(=O)O)cc4)nc3)cc2)cc1. The van der Waals surface area contributed by atoms with Crippen LogP contribution in [0, 0.1) is 5.92 Å². The van der Waals surface area contributed by atoms with Gasteiger partial charge in [0, 0.05) is 40.7 Å². The average molecular weight is 674 g/mol. The van der Waals surface area contributed by atoms with Crippen molar-refractivity contribution in [3.05, 3.63) is 118 Å². The minimum absolute atomic E-state index is 0.0270. The summed E-state index contributed by atoms with van der Waals surface area (Å²) in [5, 5.41) is 11.9. The van der Waals surface area contributed by atoms with Crippen molar-refractivity contribution < 1.29 is 19.5 Å². The van der Waals surface area contributed by atoms with Gasteiger partial charge in [-0.1, -0.05) is 107 Å². The highest BCUT2D eigenvalue weighted by Crippen LogP contribution is 2.31. The Hall–Kier alpha value is -4.95. The third kappa shape index (κ3) is 9.15. The van der Waals surface area contributed by atoms with Gasteiger partial charge < -0.3 is 10.4 Å². The minimum atomic E-state index is -1.13. The molecule has 49 heavy (non-hydrogen) atoms. The average Bonchev–Trinajstić information content (AvgIpc) is 3.61. The van der Waals surface area contributed by atoms with Crippen LogP contribution in [-0.4, -0.2) is 38.8 Å². The van der Waals surface area contributed by atoms with Crippen molar-refractivity contribution in [2.45, 2.75) is 71.8 Å². The Morgan fingerprint density at radius 1 is 0.755 bits per heavy atom. The number of benzene rings is 3. The molecule has 0 radical (unpaired) electrons. The van der Waals surface area contributed by atoms with E-state index in [4.69, 9.17) is 0 Å². The van der Waals surface area contributed by atoms with E-state index in [0.29, 0.717) is 10.7 Å². The molecule has 3 aromatic carbocycles. The van der Waals surface area contributed by atoms with Crippen LogP contribution in [0.1, 0.15) is 73.1 Å². The molecular formula is C41H43N3O4S. The normalized spacial score (nSPS) is 12.7. The van der Waals surface area contributed by atoms with Crippen molar-refractivity contribution in [2.75, 3.05) is 0 Å². The topological polar surface area (TPSA) is 109 Å². The summed E-state index contributed by atoms with van der Waals surface area (Å²) in [6.07, 6.45) is 6.11. The second-order valence-electron chi connectivity index (χ2n) is 13.5. The fourth-order valence-electron chi connectivity index (χ4n) is 5.57. The predicted molar refractivity (Wildman–Crippen MR) is 197 cm³/mol. The van der Waals surface area contributed by atoms with Crippen molar-refractivity contribution in [3.8, 4) is 33.6 Å². The summed E-state index contributed by atoms with van der Waals surface area (Å²) in [6, 6.07) is 27.4. The number of carbonyl (C=O) groups is 3. The summed E-state index contributed by atoms with van der Waals surface area (Å²) >= 11 is 1.44. The Morgan fingerprint density at radius 2 is 1.29 bits per heavy atom. The number of carbonyl (C=O) groups excluding carboxylic acids is 2. The van der Waals surface area contributed by atoms with Crippen LogP contribution in [-0.2, 0) is 27.8 Å². The molecule has 2 atom stereocenters. The van der Waals surface area contributed by atoms with Gasteiger partial charge in [-0.25, -0.2) is 9.97 Å². The number of carboxylic acid groups (broad SMARTS) is 1. The lowest BCUT2D eigenvalue weighted by Crippen LogP contribution is -2.42. The third-order valence-corrected chi connectivity index (χ3v) is 10.1. The molecule has 0 aliphatic carbocycles. The summed E-state index contributed by atoms with van der Waals surface area (Å²) in [6.45, 7) is 9.87. The molecule has 0 aliphatic heterocycles. The fraction of sp³-hybridized carbons (Fsp3) is 0.293. The molecule has 1 amide bonds. The highest BCUT2D eigenvalue weighted by molar-refractivity contribution is 7.14.